The molecule has 2 aromatic heterocycles. The van der Waals surface area contributed by atoms with Crippen molar-refractivity contribution in [2.75, 3.05) is 5.32 Å². The summed E-state index contributed by atoms with van der Waals surface area (Å²) in [5.41, 5.74) is 3.93. The highest BCUT2D eigenvalue weighted by molar-refractivity contribution is 5.80. The van der Waals surface area contributed by atoms with E-state index >= 15 is 0 Å². The molecule has 0 radical (unpaired) electrons. The predicted molar refractivity (Wildman–Crippen MR) is 87.7 cm³/mol. The Balaban J connectivity index is 2.05. The van der Waals surface area contributed by atoms with Gasteiger partial charge in [0.05, 0.1) is 10.5 Å². The molecule has 7 nitrogen and oxygen atoms in total. The van der Waals surface area contributed by atoms with Crippen molar-refractivity contribution in [3.63, 3.8) is 0 Å². The topological polar surface area (TPSA) is 96.7 Å². The molecule has 0 saturated heterocycles. The third-order valence-corrected chi connectivity index (χ3v) is 3.56. The number of aryl methyl sites for hydroxylation is 2. The van der Waals surface area contributed by atoms with Gasteiger partial charge in [-0.25, -0.2) is 9.97 Å². The average molecular weight is 309 g/mol. The highest BCUT2D eigenvalue weighted by Crippen LogP contribution is 2.36. The van der Waals surface area contributed by atoms with Crippen molar-refractivity contribution in [1.82, 2.24) is 15.0 Å². The summed E-state index contributed by atoms with van der Waals surface area (Å²) in [6.45, 7) is 3.82. The molecule has 0 aliphatic carbocycles. The van der Waals surface area contributed by atoms with Crippen molar-refractivity contribution >= 4 is 17.3 Å². The second-order valence-corrected chi connectivity index (χ2v) is 5.16. The molecule has 0 aliphatic rings. The van der Waals surface area contributed by atoms with Crippen LogP contribution in [0.2, 0.25) is 0 Å². The lowest BCUT2D eigenvalue weighted by molar-refractivity contribution is -0.384. The summed E-state index contributed by atoms with van der Waals surface area (Å²) < 4.78 is 0. The zero-order valence-corrected chi connectivity index (χ0v) is 12.7. The maximum absolute atomic E-state index is 11.5. The summed E-state index contributed by atoms with van der Waals surface area (Å²) in [5, 5.41) is 14.4. The van der Waals surface area contributed by atoms with Crippen molar-refractivity contribution in [2.45, 2.75) is 13.8 Å². The van der Waals surface area contributed by atoms with Gasteiger partial charge in [0.2, 0.25) is 5.95 Å². The van der Waals surface area contributed by atoms with E-state index in [0.29, 0.717) is 17.2 Å². The van der Waals surface area contributed by atoms with Gasteiger partial charge in [-0.2, -0.15) is 0 Å². The van der Waals surface area contributed by atoms with E-state index in [9.17, 15) is 10.1 Å². The molecule has 3 rings (SSSR count). The van der Waals surface area contributed by atoms with Crippen LogP contribution in [0.25, 0.3) is 11.1 Å². The van der Waals surface area contributed by atoms with Gasteiger partial charge in [0.15, 0.2) is 0 Å². The normalized spacial score (nSPS) is 10.5. The molecule has 0 spiro atoms. The number of aromatic amines is 1. The third kappa shape index (κ3) is 2.89. The summed E-state index contributed by atoms with van der Waals surface area (Å²) in [7, 11) is 0. The quantitative estimate of drug-likeness (QED) is 0.565. The Kier molecular flexibility index (Phi) is 3.76. The average Bonchev–Trinajstić information content (AvgIpc) is 2.87. The second-order valence-electron chi connectivity index (χ2n) is 5.16. The number of nitro benzene ring substituents is 1. The molecular weight excluding hydrogens is 294 g/mol. The van der Waals surface area contributed by atoms with Crippen LogP contribution >= 0.6 is 0 Å². The fourth-order valence-corrected chi connectivity index (χ4v) is 2.54. The first-order valence-electron chi connectivity index (χ1n) is 7.03. The Morgan fingerprint density at radius 2 is 1.96 bits per heavy atom. The van der Waals surface area contributed by atoms with Crippen LogP contribution in [-0.4, -0.2) is 19.9 Å². The molecule has 0 amide bonds. The van der Waals surface area contributed by atoms with Gasteiger partial charge >= 0.3 is 0 Å². The molecule has 0 atom stereocenters. The second kappa shape index (κ2) is 5.88. The van der Waals surface area contributed by atoms with Gasteiger partial charge in [-0.15, -0.1) is 0 Å². The lowest BCUT2D eigenvalue weighted by Crippen LogP contribution is -1.98. The molecule has 0 fully saturated rings. The SMILES string of the molecule is Cc1c[nH]c(C)c1-c1ccc(Nc2ncccn2)cc1[N+](=O)[O-]. The Labute approximate surface area is 132 Å². The Bertz CT molecular complexity index is 839. The van der Waals surface area contributed by atoms with Crippen LogP contribution < -0.4 is 5.32 Å². The number of hydrogen-bond donors (Lipinski definition) is 2. The lowest BCUT2D eigenvalue weighted by atomic mass is 10.0. The molecule has 2 heterocycles. The molecule has 0 bridgehead atoms. The summed E-state index contributed by atoms with van der Waals surface area (Å²) in [4.78, 5) is 22.3. The first kappa shape index (κ1) is 14.7. The minimum absolute atomic E-state index is 0.0386. The molecule has 1 aromatic carbocycles. The van der Waals surface area contributed by atoms with Crippen molar-refractivity contribution in [2.24, 2.45) is 0 Å². The first-order valence-corrected chi connectivity index (χ1v) is 7.03. The van der Waals surface area contributed by atoms with Crippen molar-refractivity contribution in [1.29, 1.82) is 0 Å². The minimum atomic E-state index is -0.377. The van der Waals surface area contributed by atoms with Crippen LogP contribution in [0.3, 0.4) is 0 Å². The van der Waals surface area contributed by atoms with Gasteiger partial charge < -0.3 is 10.3 Å². The maximum Gasteiger partial charge on any atom is 0.279 e. The molecule has 7 heteroatoms. The van der Waals surface area contributed by atoms with E-state index in [0.717, 1.165) is 16.8 Å². The molecule has 0 unspecified atom stereocenters. The summed E-state index contributed by atoms with van der Waals surface area (Å²) in [6.07, 6.45) is 5.05. The number of nitrogens with zero attached hydrogens (tertiary/aromatic N) is 3. The van der Waals surface area contributed by atoms with E-state index in [1.165, 1.54) is 6.07 Å². The maximum atomic E-state index is 11.5. The standard InChI is InChI=1S/C16H15N5O2/c1-10-9-19-11(2)15(10)13-5-4-12(8-14(13)21(22)23)20-16-17-6-3-7-18-16/h3-9,19H,1-2H3,(H,17,18,20). The number of benzene rings is 1. The van der Waals surface area contributed by atoms with Gasteiger partial charge in [-0.3, -0.25) is 10.1 Å². The van der Waals surface area contributed by atoms with Crippen LogP contribution in [0, 0.1) is 24.0 Å². The zero-order chi connectivity index (χ0) is 16.4. The fraction of sp³-hybridized carbons (Fsp3) is 0.125. The van der Waals surface area contributed by atoms with Crippen molar-refractivity contribution in [3.05, 3.63) is 64.2 Å². The summed E-state index contributed by atoms with van der Waals surface area (Å²) >= 11 is 0. The number of aromatic nitrogens is 3. The predicted octanol–water partition coefficient (Wildman–Crippen LogP) is 3.74. The number of nitrogens with one attached hydrogen (secondary N) is 2. The van der Waals surface area contributed by atoms with Crippen molar-refractivity contribution in [3.8, 4) is 11.1 Å². The molecule has 116 valence electrons. The number of rotatable bonds is 4. The first-order chi connectivity index (χ1) is 11.1. The molecule has 23 heavy (non-hydrogen) atoms. The van der Waals surface area contributed by atoms with Gasteiger partial charge in [0.25, 0.3) is 5.69 Å². The molecule has 2 N–H and O–H groups in total. The van der Waals surface area contributed by atoms with E-state index < -0.39 is 0 Å². The summed E-state index contributed by atoms with van der Waals surface area (Å²) in [6, 6.07) is 6.73. The van der Waals surface area contributed by atoms with Crippen molar-refractivity contribution < 1.29 is 4.92 Å². The number of hydrogen-bond acceptors (Lipinski definition) is 5. The van der Waals surface area contributed by atoms with Crippen LogP contribution in [0.15, 0.2) is 42.9 Å². The number of H-pyrrole nitrogens is 1. The van der Waals surface area contributed by atoms with E-state index in [2.05, 4.69) is 20.3 Å². The smallest absolute Gasteiger partial charge is 0.279 e. The Morgan fingerprint density at radius 1 is 1.22 bits per heavy atom. The number of anilines is 2. The van der Waals surface area contributed by atoms with Gasteiger partial charge in [0.1, 0.15) is 0 Å². The van der Waals surface area contributed by atoms with E-state index in [1.54, 1.807) is 30.6 Å². The molecule has 3 aromatic rings. The third-order valence-electron chi connectivity index (χ3n) is 3.56. The summed E-state index contributed by atoms with van der Waals surface area (Å²) in [5.74, 6) is 0.392. The lowest BCUT2D eigenvalue weighted by Gasteiger charge is -2.08. The highest BCUT2D eigenvalue weighted by Gasteiger charge is 2.20. The van der Waals surface area contributed by atoms with Gasteiger partial charge in [-0.1, -0.05) is 0 Å². The van der Waals surface area contributed by atoms with Crippen LogP contribution in [0.1, 0.15) is 11.3 Å². The van der Waals surface area contributed by atoms with E-state index in [-0.39, 0.29) is 10.6 Å². The molecule has 0 aliphatic heterocycles. The fourth-order valence-electron chi connectivity index (χ4n) is 2.54. The number of nitro groups is 1. The van der Waals surface area contributed by atoms with Crippen LogP contribution in [0.5, 0.6) is 0 Å². The Morgan fingerprint density at radius 3 is 2.57 bits per heavy atom. The van der Waals surface area contributed by atoms with E-state index in [1.807, 2.05) is 20.0 Å². The minimum Gasteiger partial charge on any atom is -0.364 e. The van der Waals surface area contributed by atoms with Crippen LogP contribution in [-0.2, 0) is 0 Å². The zero-order valence-electron chi connectivity index (χ0n) is 12.7. The largest absolute Gasteiger partial charge is 0.364 e. The molecule has 0 saturated carbocycles. The highest BCUT2D eigenvalue weighted by atomic mass is 16.6. The van der Waals surface area contributed by atoms with E-state index in [4.69, 9.17) is 0 Å². The van der Waals surface area contributed by atoms with Gasteiger partial charge in [-0.05, 0) is 37.6 Å². The monoisotopic (exact) mass is 309 g/mol. The Hall–Kier alpha value is -3.22. The van der Waals surface area contributed by atoms with Crippen LogP contribution in [0.4, 0.5) is 17.3 Å². The van der Waals surface area contributed by atoms with Gasteiger partial charge in [0, 0.05) is 41.6 Å². The molecular formula is C16H15N5O2.